The third kappa shape index (κ3) is 5.06. The van der Waals surface area contributed by atoms with E-state index in [0.29, 0.717) is 5.25 Å². The van der Waals surface area contributed by atoms with Crippen molar-refractivity contribution < 1.29 is 18.0 Å². The lowest BCUT2D eigenvalue weighted by Gasteiger charge is -2.35. The number of rotatable bonds is 4. The fraction of sp³-hybridized carbons (Fsp3) is 0.909. The Morgan fingerprint density at radius 2 is 2.22 bits per heavy atom. The summed E-state index contributed by atoms with van der Waals surface area (Å²) in [6.45, 7) is 4.00. The highest BCUT2D eigenvalue weighted by Crippen LogP contribution is 2.22. The Morgan fingerprint density at radius 1 is 1.56 bits per heavy atom. The van der Waals surface area contributed by atoms with Crippen molar-refractivity contribution in [2.75, 3.05) is 25.4 Å². The van der Waals surface area contributed by atoms with Crippen molar-refractivity contribution >= 4 is 17.7 Å². The molecule has 1 amide bonds. The van der Waals surface area contributed by atoms with Gasteiger partial charge < -0.3 is 5.32 Å². The Bertz CT molecular complexity index is 286. The summed E-state index contributed by atoms with van der Waals surface area (Å²) >= 11 is 1.86. The molecule has 0 aromatic rings. The smallest absolute Gasteiger partial charge is 0.346 e. The maximum atomic E-state index is 12.0. The van der Waals surface area contributed by atoms with Crippen LogP contribution >= 0.6 is 11.8 Å². The van der Waals surface area contributed by atoms with Crippen molar-refractivity contribution in [3.05, 3.63) is 0 Å². The van der Waals surface area contributed by atoms with Gasteiger partial charge in [0.1, 0.15) is 6.54 Å². The summed E-state index contributed by atoms with van der Waals surface area (Å²) in [6.07, 6.45) is -3.34. The first kappa shape index (κ1) is 15.6. The van der Waals surface area contributed by atoms with E-state index >= 15 is 0 Å². The van der Waals surface area contributed by atoms with Crippen molar-refractivity contribution in [1.29, 1.82) is 0 Å². The Kier molecular flexibility index (Phi) is 5.78. The van der Waals surface area contributed by atoms with E-state index in [1.54, 1.807) is 6.92 Å². The molecule has 0 spiro atoms. The van der Waals surface area contributed by atoms with Gasteiger partial charge in [0.25, 0.3) is 0 Å². The van der Waals surface area contributed by atoms with E-state index in [9.17, 15) is 18.0 Å². The molecule has 1 aliphatic heterocycles. The molecule has 0 saturated carbocycles. The third-order valence-corrected chi connectivity index (χ3v) is 4.39. The van der Waals surface area contributed by atoms with Crippen LogP contribution < -0.4 is 5.32 Å². The summed E-state index contributed by atoms with van der Waals surface area (Å²) in [5, 5.41) is 2.41. The molecule has 0 aromatic carbocycles. The third-order valence-electron chi connectivity index (χ3n) is 3.02. The van der Waals surface area contributed by atoms with Crippen LogP contribution in [-0.2, 0) is 4.79 Å². The minimum atomic E-state index is -4.35. The van der Waals surface area contributed by atoms with Crippen LogP contribution in [0.25, 0.3) is 0 Å². The van der Waals surface area contributed by atoms with Crippen LogP contribution in [0.1, 0.15) is 20.3 Å². The predicted molar refractivity (Wildman–Crippen MR) is 66.6 cm³/mol. The number of alkyl halides is 3. The number of amides is 1. The van der Waals surface area contributed by atoms with E-state index in [4.69, 9.17) is 0 Å². The molecule has 0 aliphatic carbocycles. The first-order valence-electron chi connectivity index (χ1n) is 6.03. The van der Waals surface area contributed by atoms with Crippen LogP contribution in [0.5, 0.6) is 0 Å². The van der Waals surface area contributed by atoms with Gasteiger partial charge in [0.15, 0.2) is 0 Å². The number of thioether (sulfide) groups is 1. The molecule has 1 fully saturated rings. The number of nitrogens with zero attached hydrogens (tertiary/aromatic N) is 1. The lowest BCUT2D eigenvalue weighted by atomic mass is 10.2. The zero-order valence-corrected chi connectivity index (χ0v) is 11.4. The number of hydrogen-bond donors (Lipinski definition) is 1. The largest absolute Gasteiger partial charge is 0.405 e. The molecule has 1 heterocycles. The molecule has 1 saturated heterocycles. The molecule has 3 nitrogen and oxygen atoms in total. The van der Waals surface area contributed by atoms with E-state index in [0.717, 1.165) is 25.3 Å². The summed E-state index contributed by atoms with van der Waals surface area (Å²) in [5.41, 5.74) is 0. The summed E-state index contributed by atoms with van der Waals surface area (Å²) in [7, 11) is 0. The van der Waals surface area contributed by atoms with Crippen LogP contribution in [0.15, 0.2) is 0 Å². The number of hydrogen-bond acceptors (Lipinski definition) is 3. The van der Waals surface area contributed by atoms with Gasteiger partial charge in [0, 0.05) is 24.1 Å². The number of carbonyl (C=O) groups excluding carboxylic acids is 1. The predicted octanol–water partition coefficient (Wildman–Crippen LogP) is 1.88. The van der Waals surface area contributed by atoms with Crippen LogP contribution in [0.2, 0.25) is 0 Å². The number of nitrogens with one attached hydrogen (secondary N) is 1. The van der Waals surface area contributed by atoms with Crippen LogP contribution in [0.4, 0.5) is 13.2 Å². The minimum absolute atomic E-state index is 0.469. The lowest BCUT2D eigenvalue weighted by Crippen LogP contribution is -2.51. The van der Waals surface area contributed by atoms with Gasteiger partial charge in [-0.2, -0.15) is 24.9 Å². The monoisotopic (exact) mass is 284 g/mol. The molecule has 0 aromatic heterocycles. The zero-order chi connectivity index (χ0) is 13.8. The summed E-state index contributed by atoms with van der Waals surface area (Å²) in [4.78, 5) is 13.6. The molecular formula is C11H19F3N2OS. The van der Waals surface area contributed by atoms with Crippen LogP contribution in [0.3, 0.4) is 0 Å². The molecular weight excluding hydrogens is 265 g/mol. The average molecular weight is 284 g/mol. The minimum Gasteiger partial charge on any atom is -0.346 e. The summed E-state index contributed by atoms with van der Waals surface area (Å²) in [6, 6.07) is -0.498. The lowest BCUT2D eigenvalue weighted by molar-refractivity contribution is -0.141. The first-order valence-corrected chi connectivity index (χ1v) is 7.08. The Labute approximate surface area is 109 Å². The van der Waals surface area contributed by atoms with Gasteiger partial charge in [-0.3, -0.25) is 9.69 Å². The molecule has 0 unspecified atom stereocenters. The molecule has 1 aliphatic rings. The normalized spacial score (nSPS) is 23.7. The molecule has 1 N–H and O–H groups in total. The highest BCUT2D eigenvalue weighted by Gasteiger charge is 2.31. The second-order valence-corrected chi connectivity index (χ2v) is 5.81. The summed E-state index contributed by atoms with van der Waals surface area (Å²) < 4.78 is 36.0. The fourth-order valence-electron chi connectivity index (χ4n) is 1.84. The van der Waals surface area contributed by atoms with Gasteiger partial charge in [-0.25, -0.2) is 0 Å². The van der Waals surface area contributed by atoms with Gasteiger partial charge in [0.2, 0.25) is 5.91 Å². The Hall–Kier alpha value is -0.430. The van der Waals surface area contributed by atoms with Crippen molar-refractivity contribution in [1.82, 2.24) is 10.2 Å². The zero-order valence-electron chi connectivity index (χ0n) is 10.6. The topological polar surface area (TPSA) is 32.3 Å². The SMILES string of the molecule is CC[C@H]1CN([C@@H](C)C(=O)NCC(F)(F)F)CCS1. The molecule has 2 atom stereocenters. The van der Waals surface area contributed by atoms with Gasteiger partial charge >= 0.3 is 6.18 Å². The molecule has 7 heteroatoms. The molecule has 0 radical (unpaired) electrons. The van der Waals surface area contributed by atoms with Crippen LogP contribution in [0, 0.1) is 0 Å². The second-order valence-electron chi connectivity index (χ2n) is 4.40. The highest BCUT2D eigenvalue weighted by molar-refractivity contribution is 8.00. The van der Waals surface area contributed by atoms with Crippen molar-refractivity contribution in [2.45, 2.75) is 37.7 Å². The van der Waals surface area contributed by atoms with E-state index in [2.05, 4.69) is 6.92 Å². The summed E-state index contributed by atoms with van der Waals surface area (Å²) in [5.74, 6) is 0.379. The van der Waals surface area contributed by atoms with Crippen LogP contribution in [-0.4, -0.2) is 53.7 Å². The quantitative estimate of drug-likeness (QED) is 0.855. The van der Waals surface area contributed by atoms with Gasteiger partial charge in [-0.05, 0) is 13.3 Å². The van der Waals surface area contributed by atoms with Crippen molar-refractivity contribution in [3.8, 4) is 0 Å². The maximum absolute atomic E-state index is 12.0. The Morgan fingerprint density at radius 3 is 2.78 bits per heavy atom. The van der Waals surface area contributed by atoms with E-state index in [-0.39, 0.29) is 0 Å². The van der Waals surface area contributed by atoms with Gasteiger partial charge in [-0.1, -0.05) is 6.92 Å². The fourth-order valence-corrected chi connectivity index (χ4v) is 3.05. The maximum Gasteiger partial charge on any atom is 0.405 e. The number of halogens is 3. The highest BCUT2D eigenvalue weighted by atomic mass is 32.2. The van der Waals surface area contributed by atoms with E-state index < -0.39 is 24.7 Å². The second kappa shape index (κ2) is 6.65. The number of carbonyl (C=O) groups is 1. The average Bonchev–Trinajstić information content (AvgIpc) is 2.34. The van der Waals surface area contributed by atoms with Gasteiger partial charge in [0.05, 0.1) is 6.04 Å². The first-order chi connectivity index (χ1) is 8.33. The van der Waals surface area contributed by atoms with Gasteiger partial charge in [-0.15, -0.1) is 0 Å². The molecule has 1 rings (SSSR count). The van der Waals surface area contributed by atoms with Crippen molar-refractivity contribution in [3.63, 3.8) is 0 Å². The molecule has 106 valence electrons. The standard InChI is InChI=1S/C11H19F3N2OS/c1-3-9-6-16(4-5-18-9)8(2)10(17)15-7-11(12,13)14/h8-9H,3-7H2,1-2H3,(H,15,17)/t8-,9-/m0/s1. The van der Waals surface area contributed by atoms with Crippen molar-refractivity contribution in [2.24, 2.45) is 0 Å². The van der Waals surface area contributed by atoms with E-state index in [1.165, 1.54) is 0 Å². The van der Waals surface area contributed by atoms with E-state index in [1.807, 2.05) is 22.0 Å². The molecule has 0 bridgehead atoms. The Balaban J connectivity index is 2.42. The molecule has 18 heavy (non-hydrogen) atoms.